The highest BCUT2D eigenvalue weighted by Gasteiger charge is 2.25. The summed E-state index contributed by atoms with van der Waals surface area (Å²) in [6, 6.07) is 8.08. The molecular weight excluding hydrogens is 266 g/mol. The summed E-state index contributed by atoms with van der Waals surface area (Å²) in [5, 5.41) is 13.7. The number of carbonyl (C=O) groups is 1. The highest BCUT2D eigenvalue weighted by atomic mass is 16.2. The van der Waals surface area contributed by atoms with Gasteiger partial charge in [0, 0.05) is 24.7 Å². The highest BCUT2D eigenvalue weighted by Crippen LogP contribution is 2.35. The van der Waals surface area contributed by atoms with Gasteiger partial charge in [-0.1, -0.05) is 17.7 Å². The summed E-state index contributed by atoms with van der Waals surface area (Å²) in [6.45, 7) is 2.56. The monoisotopic (exact) mass is 285 g/mol. The zero-order valence-corrected chi connectivity index (χ0v) is 12.0. The van der Waals surface area contributed by atoms with E-state index in [-0.39, 0.29) is 6.03 Å². The summed E-state index contributed by atoms with van der Waals surface area (Å²) in [7, 11) is 0. The fraction of sp³-hybridized carbons (Fsp3) is 0.400. The molecule has 6 heteroatoms. The number of aryl methyl sites for hydroxylation is 1. The van der Waals surface area contributed by atoms with Crippen LogP contribution in [0.1, 0.15) is 30.3 Å². The van der Waals surface area contributed by atoms with Crippen LogP contribution >= 0.6 is 0 Å². The van der Waals surface area contributed by atoms with Crippen LogP contribution in [0.25, 0.3) is 0 Å². The maximum absolute atomic E-state index is 11.8. The van der Waals surface area contributed by atoms with E-state index in [1.807, 2.05) is 31.2 Å². The molecule has 1 aromatic carbocycles. The second-order valence-electron chi connectivity index (χ2n) is 5.38. The number of carbonyl (C=O) groups excluding carboxylic acids is 1. The van der Waals surface area contributed by atoms with Crippen LogP contribution in [0.2, 0.25) is 0 Å². The first-order valence-electron chi connectivity index (χ1n) is 7.22. The molecule has 0 atom stereocenters. The van der Waals surface area contributed by atoms with Crippen LogP contribution in [-0.2, 0) is 6.42 Å². The SMILES string of the molecule is Cc1ccc(NC(=O)NCCc2nncn2C2CC2)cc1. The van der Waals surface area contributed by atoms with Gasteiger partial charge in [0.15, 0.2) is 0 Å². The molecule has 0 unspecified atom stereocenters. The van der Waals surface area contributed by atoms with Gasteiger partial charge in [0.1, 0.15) is 12.2 Å². The number of amides is 2. The third kappa shape index (κ3) is 3.59. The molecule has 3 rings (SSSR count). The topological polar surface area (TPSA) is 71.8 Å². The second-order valence-corrected chi connectivity index (χ2v) is 5.38. The molecule has 1 heterocycles. The van der Waals surface area contributed by atoms with Crippen LogP contribution in [0.3, 0.4) is 0 Å². The van der Waals surface area contributed by atoms with Gasteiger partial charge >= 0.3 is 6.03 Å². The zero-order chi connectivity index (χ0) is 14.7. The molecule has 1 fully saturated rings. The van der Waals surface area contributed by atoms with Crippen molar-refractivity contribution in [3.8, 4) is 0 Å². The van der Waals surface area contributed by atoms with Gasteiger partial charge in [-0.15, -0.1) is 10.2 Å². The number of hydrogen-bond acceptors (Lipinski definition) is 3. The Morgan fingerprint density at radius 1 is 1.33 bits per heavy atom. The predicted molar refractivity (Wildman–Crippen MR) is 80.2 cm³/mol. The van der Waals surface area contributed by atoms with Crippen molar-refractivity contribution in [1.29, 1.82) is 0 Å². The molecule has 2 aromatic rings. The van der Waals surface area contributed by atoms with Crippen LogP contribution in [0.5, 0.6) is 0 Å². The lowest BCUT2D eigenvalue weighted by Gasteiger charge is -2.08. The standard InChI is InChI=1S/C15H19N5O/c1-11-2-4-12(5-3-11)18-15(21)16-9-8-14-19-17-10-20(14)13-6-7-13/h2-5,10,13H,6-9H2,1H3,(H2,16,18,21). The number of benzene rings is 1. The lowest BCUT2D eigenvalue weighted by Crippen LogP contribution is -2.30. The molecule has 21 heavy (non-hydrogen) atoms. The van der Waals surface area contributed by atoms with Gasteiger partial charge < -0.3 is 15.2 Å². The van der Waals surface area contributed by atoms with E-state index in [0.717, 1.165) is 11.5 Å². The first-order valence-corrected chi connectivity index (χ1v) is 7.22. The summed E-state index contributed by atoms with van der Waals surface area (Å²) < 4.78 is 2.11. The van der Waals surface area contributed by atoms with Crippen molar-refractivity contribution in [3.63, 3.8) is 0 Å². The van der Waals surface area contributed by atoms with Crippen molar-refractivity contribution in [3.05, 3.63) is 42.0 Å². The second kappa shape index (κ2) is 5.95. The average Bonchev–Trinajstić information content (AvgIpc) is 3.21. The molecule has 1 saturated carbocycles. The number of rotatable bonds is 5. The maximum atomic E-state index is 11.8. The van der Waals surface area contributed by atoms with E-state index in [1.54, 1.807) is 6.33 Å². The van der Waals surface area contributed by atoms with Crippen molar-refractivity contribution in [2.24, 2.45) is 0 Å². The Morgan fingerprint density at radius 2 is 2.10 bits per heavy atom. The Labute approximate surface area is 123 Å². The van der Waals surface area contributed by atoms with E-state index < -0.39 is 0 Å². The smallest absolute Gasteiger partial charge is 0.319 e. The van der Waals surface area contributed by atoms with Gasteiger partial charge in [0.2, 0.25) is 0 Å². The Bertz CT molecular complexity index is 615. The molecule has 6 nitrogen and oxygen atoms in total. The van der Waals surface area contributed by atoms with Crippen LogP contribution in [0.15, 0.2) is 30.6 Å². The number of nitrogens with one attached hydrogen (secondary N) is 2. The average molecular weight is 285 g/mol. The number of aromatic nitrogens is 3. The highest BCUT2D eigenvalue weighted by molar-refractivity contribution is 5.89. The lowest BCUT2D eigenvalue weighted by atomic mass is 10.2. The van der Waals surface area contributed by atoms with E-state index in [1.165, 1.54) is 18.4 Å². The fourth-order valence-corrected chi connectivity index (χ4v) is 2.20. The van der Waals surface area contributed by atoms with Crippen LogP contribution in [0.4, 0.5) is 10.5 Å². The molecule has 0 bridgehead atoms. The normalized spacial score (nSPS) is 14.0. The minimum atomic E-state index is -0.198. The van der Waals surface area contributed by atoms with Crippen LogP contribution < -0.4 is 10.6 Å². The molecule has 1 aromatic heterocycles. The first kappa shape index (κ1) is 13.6. The summed E-state index contributed by atoms with van der Waals surface area (Å²) in [5.74, 6) is 0.938. The molecule has 0 aliphatic heterocycles. The minimum Gasteiger partial charge on any atom is -0.337 e. The molecule has 2 N–H and O–H groups in total. The molecule has 110 valence electrons. The molecule has 1 aliphatic rings. The quantitative estimate of drug-likeness (QED) is 0.885. The van der Waals surface area contributed by atoms with Gasteiger partial charge in [-0.3, -0.25) is 0 Å². The molecule has 0 saturated heterocycles. The number of urea groups is 1. The van der Waals surface area contributed by atoms with Gasteiger partial charge in [-0.2, -0.15) is 0 Å². The Balaban J connectivity index is 1.45. The van der Waals surface area contributed by atoms with E-state index >= 15 is 0 Å². The van der Waals surface area contributed by atoms with Gasteiger partial charge in [0.05, 0.1) is 0 Å². The third-order valence-corrected chi connectivity index (χ3v) is 3.53. The zero-order valence-electron chi connectivity index (χ0n) is 12.0. The van der Waals surface area contributed by atoms with Crippen molar-refractivity contribution >= 4 is 11.7 Å². The Morgan fingerprint density at radius 3 is 2.81 bits per heavy atom. The largest absolute Gasteiger partial charge is 0.337 e. The van der Waals surface area contributed by atoms with E-state index in [0.29, 0.717) is 19.0 Å². The Hall–Kier alpha value is -2.37. The molecular formula is C15H19N5O. The predicted octanol–water partition coefficient (Wildman–Crippen LogP) is 2.29. The van der Waals surface area contributed by atoms with Gasteiger partial charge in [-0.05, 0) is 31.9 Å². The number of nitrogens with zero attached hydrogens (tertiary/aromatic N) is 3. The number of anilines is 1. The molecule has 0 radical (unpaired) electrons. The summed E-state index contributed by atoms with van der Waals surface area (Å²) in [6.07, 6.45) is 4.87. The Kier molecular flexibility index (Phi) is 3.85. The first-order chi connectivity index (χ1) is 10.2. The molecule has 1 aliphatic carbocycles. The van der Waals surface area contributed by atoms with Crippen LogP contribution in [-0.4, -0.2) is 27.3 Å². The van der Waals surface area contributed by atoms with Crippen molar-refractivity contribution in [2.45, 2.75) is 32.2 Å². The van der Waals surface area contributed by atoms with Crippen molar-refractivity contribution in [2.75, 3.05) is 11.9 Å². The lowest BCUT2D eigenvalue weighted by molar-refractivity contribution is 0.252. The van der Waals surface area contributed by atoms with E-state index in [9.17, 15) is 4.79 Å². The van der Waals surface area contributed by atoms with Crippen molar-refractivity contribution < 1.29 is 4.79 Å². The third-order valence-electron chi connectivity index (χ3n) is 3.53. The maximum Gasteiger partial charge on any atom is 0.319 e. The van der Waals surface area contributed by atoms with Gasteiger partial charge in [0.25, 0.3) is 0 Å². The van der Waals surface area contributed by atoms with Crippen molar-refractivity contribution in [1.82, 2.24) is 20.1 Å². The summed E-state index contributed by atoms with van der Waals surface area (Å²) in [4.78, 5) is 11.8. The van der Waals surface area contributed by atoms with Gasteiger partial charge in [-0.25, -0.2) is 4.79 Å². The minimum absolute atomic E-state index is 0.198. The summed E-state index contributed by atoms with van der Waals surface area (Å²) >= 11 is 0. The molecule has 0 spiro atoms. The summed E-state index contributed by atoms with van der Waals surface area (Å²) in [5.41, 5.74) is 1.96. The van der Waals surface area contributed by atoms with Crippen LogP contribution in [0, 0.1) is 6.92 Å². The van der Waals surface area contributed by atoms with E-state index in [2.05, 4.69) is 25.4 Å². The van der Waals surface area contributed by atoms with E-state index in [4.69, 9.17) is 0 Å². The number of hydrogen-bond donors (Lipinski definition) is 2. The fourth-order valence-electron chi connectivity index (χ4n) is 2.20. The molecule has 2 amide bonds.